The fourth-order valence-corrected chi connectivity index (χ4v) is 6.33. The van der Waals surface area contributed by atoms with Crippen LogP contribution in [0.1, 0.15) is 44.4 Å². The molecule has 6 nitrogen and oxygen atoms in total. The van der Waals surface area contributed by atoms with E-state index in [4.69, 9.17) is 14.5 Å². The quantitative estimate of drug-likeness (QED) is 0.633. The van der Waals surface area contributed by atoms with Crippen LogP contribution >= 0.6 is 0 Å². The molecule has 6 rings (SSSR count). The van der Waals surface area contributed by atoms with Gasteiger partial charge in [-0.2, -0.15) is 4.98 Å². The Kier molecular flexibility index (Phi) is 4.14. The zero-order valence-electron chi connectivity index (χ0n) is 18.0. The molecule has 0 radical (unpaired) electrons. The molecule has 3 atom stereocenters. The minimum absolute atomic E-state index is 0.113. The van der Waals surface area contributed by atoms with E-state index in [1.165, 1.54) is 0 Å². The molecule has 3 aliphatic rings. The average molecular weight is 418 g/mol. The van der Waals surface area contributed by atoms with Crippen LogP contribution in [0.15, 0.2) is 36.5 Å². The number of rotatable bonds is 1. The number of pyridine rings is 1. The summed E-state index contributed by atoms with van der Waals surface area (Å²) in [5.41, 5.74) is 3.54. The van der Waals surface area contributed by atoms with Gasteiger partial charge in [0.25, 0.3) is 0 Å². The first-order valence-electron chi connectivity index (χ1n) is 11.2. The van der Waals surface area contributed by atoms with Gasteiger partial charge in [0.05, 0.1) is 24.4 Å². The highest BCUT2D eigenvalue weighted by atomic mass is 16.7. The topological polar surface area (TPSA) is 77.4 Å². The summed E-state index contributed by atoms with van der Waals surface area (Å²) in [5.74, 6) is 0.869. The second-order valence-corrected chi connectivity index (χ2v) is 9.43. The maximum absolute atomic E-state index is 10.9. The Balaban J connectivity index is 1.49. The third kappa shape index (κ3) is 2.68. The summed E-state index contributed by atoms with van der Waals surface area (Å²) in [5, 5.41) is 11.9. The van der Waals surface area contributed by atoms with Crippen LogP contribution in [-0.2, 0) is 21.3 Å². The third-order valence-electron chi connectivity index (χ3n) is 8.01. The van der Waals surface area contributed by atoms with Gasteiger partial charge < -0.3 is 14.6 Å². The molecule has 2 fully saturated rings. The van der Waals surface area contributed by atoms with E-state index in [-0.39, 0.29) is 17.2 Å². The first-order valence-corrected chi connectivity index (χ1v) is 11.2. The lowest BCUT2D eigenvalue weighted by atomic mass is 9.55. The van der Waals surface area contributed by atoms with Gasteiger partial charge in [-0.1, -0.05) is 32.0 Å². The molecule has 2 aromatic heterocycles. The fourth-order valence-electron chi connectivity index (χ4n) is 6.33. The van der Waals surface area contributed by atoms with Crippen LogP contribution < -0.4 is 0 Å². The lowest BCUT2D eigenvalue weighted by Crippen LogP contribution is -2.55. The fraction of sp³-hybridized carbons (Fsp3) is 0.480. The minimum Gasteiger partial charge on any atom is -0.493 e. The van der Waals surface area contributed by atoms with Gasteiger partial charge in [-0.05, 0) is 37.3 Å². The zero-order valence-corrected chi connectivity index (χ0v) is 18.0. The van der Waals surface area contributed by atoms with Crippen molar-refractivity contribution in [1.29, 1.82) is 0 Å². The summed E-state index contributed by atoms with van der Waals surface area (Å²) >= 11 is 0. The maximum Gasteiger partial charge on any atom is 0.217 e. The molecular formula is C25H27N3O3. The number of nitrogens with zero attached hydrogens (tertiary/aromatic N) is 3. The second kappa shape index (κ2) is 6.71. The van der Waals surface area contributed by atoms with Gasteiger partial charge >= 0.3 is 0 Å². The van der Waals surface area contributed by atoms with Crippen LogP contribution in [-0.4, -0.2) is 39.1 Å². The molecular weight excluding hydrogens is 390 g/mol. The van der Waals surface area contributed by atoms with Crippen molar-refractivity contribution >= 4 is 10.9 Å². The molecule has 160 valence electrons. The molecule has 31 heavy (non-hydrogen) atoms. The van der Waals surface area contributed by atoms with Gasteiger partial charge in [0.1, 0.15) is 0 Å². The van der Waals surface area contributed by atoms with Gasteiger partial charge in [0.15, 0.2) is 11.6 Å². The van der Waals surface area contributed by atoms with Gasteiger partial charge in [0, 0.05) is 40.5 Å². The van der Waals surface area contributed by atoms with Gasteiger partial charge in [-0.15, -0.1) is 0 Å². The summed E-state index contributed by atoms with van der Waals surface area (Å²) in [4.78, 5) is 14.1. The van der Waals surface area contributed by atoms with Crippen molar-refractivity contribution in [1.82, 2.24) is 15.0 Å². The maximum atomic E-state index is 10.9. The standard InChI is InChI=1S/C25H27N3O3/c1-15-19-8-7-18-21(24(19,2)10-11-25(15)30-13-14-31-25)27-22(28-23(18)29)17-9-12-26-20-6-4-3-5-16(17)20/h3-6,9,12,15,19H,7-8,10-11,13-14H2,1-2H3,(H,27,28,29)/t15-,19-,24-/m1/s1. The molecule has 2 aliphatic carbocycles. The van der Waals surface area contributed by atoms with Gasteiger partial charge in [0.2, 0.25) is 5.88 Å². The van der Waals surface area contributed by atoms with Crippen molar-refractivity contribution in [2.75, 3.05) is 13.2 Å². The largest absolute Gasteiger partial charge is 0.493 e. The van der Waals surface area contributed by atoms with Crippen LogP contribution in [0.5, 0.6) is 5.88 Å². The first-order chi connectivity index (χ1) is 15.0. The van der Waals surface area contributed by atoms with Crippen molar-refractivity contribution in [3.05, 3.63) is 47.8 Å². The summed E-state index contributed by atoms with van der Waals surface area (Å²) in [6.45, 7) is 5.91. The van der Waals surface area contributed by atoms with Crippen molar-refractivity contribution in [3.8, 4) is 17.3 Å². The second-order valence-electron chi connectivity index (χ2n) is 9.43. The van der Waals surface area contributed by atoms with Gasteiger partial charge in [-0.25, -0.2) is 4.98 Å². The van der Waals surface area contributed by atoms with E-state index in [0.29, 0.717) is 25.0 Å². The van der Waals surface area contributed by atoms with Crippen LogP contribution in [0.25, 0.3) is 22.3 Å². The highest BCUT2D eigenvalue weighted by Crippen LogP contribution is 2.57. The summed E-state index contributed by atoms with van der Waals surface area (Å²) in [6, 6.07) is 9.92. The van der Waals surface area contributed by atoms with Crippen molar-refractivity contribution in [2.24, 2.45) is 11.8 Å². The van der Waals surface area contributed by atoms with Crippen LogP contribution in [0.3, 0.4) is 0 Å². The number of aromatic nitrogens is 3. The number of aromatic hydroxyl groups is 1. The molecule has 0 unspecified atom stereocenters. The molecule has 1 saturated carbocycles. The van der Waals surface area contributed by atoms with Crippen LogP contribution in [0.4, 0.5) is 0 Å². The number of benzene rings is 1. The molecule has 3 aromatic rings. The van der Waals surface area contributed by atoms with Crippen LogP contribution in [0.2, 0.25) is 0 Å². The lowest BCUT2D eigenvalue weighted by Gasteiger charge is -2.54. The number of ether oxygens (including phenoxy) is 2. The summed E-state index contributed by atoms with van der Waals surface area (Å²) in [7, 11) is 0. The Morgan fingerprint density at radius 1 is 1.06 bits per heavy atom. The monoisotopic (exact) mass is 417 g/mol. The van der Waals surface area contributed by atoms with Crippen LogP contribution in [0, 0.1) is 11.8 Å². The highest BCUT2D eigenvalue weighted by Gasteiger charge is 2.57. The van der Waals surface area contributed by atoms with Crippen molar-refractivity contribution in [2.45, 2.75) is 50.7 Å². The third-order valence-corrected chi connectivity index (χ3v) is 8.01. The highest BCUT2D eigenvalue weighted by molar-refractivity contribution is 5.92. The van der Waals surface area contributed by atoms with E-state index in [0.717, 1.165) is 53.4 Å². The van der Waals surface area contributed by atoms with Crippen molar-refractivity contribution < 1.29 is 14.6 Å². The molecule has 0 bridgehead atoms. The number of para-hydroxylation sites is 1. The van der Waals surface area contributed by atoms with E-state index >= 15 is 0 Å². The SMILES string of the molecule is C[C@@H]1[C@H]2CCc3c(O)nc(-c4ccnc5ccccc45)nc3[C@]2(C)CCC12OCCO2. The molecule has 0 amide bonds. The number of hydrogen-bond donors (Lipinski definition) is 1. The Morgan fingerprint density at radius 3 is 2.71 bits per heavy atom. The summed E-state index contributed by atoms with van der Waals surface area (Å²) < 4.78 is 12.3. The Labute approximate surface area is 181 Å². The lowest BCUT2D eigenvalue weighted by molar-refractivity contribution is -0.234. The molecule has 1 spiro atoms. The minimum atomic E-state index is -0.457. The molecule has 1 N–H and O–H groups in total. The smallest absolute Gasteiger partial charge is 0.217 e. The molecule has 6 heteroatoms. The average Bonchev–Trinajstić information content (AvgIpc) is 3.27. The zero-order chi connectivity index (χ0) is 21.2. The van der Waals surface area contributed by atoms with Crippen molar-refractivity contribution in [3.63, 3.8) is 0 Å². The number of fused-ring (bicyclic) bond motifs is 4. The molecule has 1 saturated heterocycles. The van der Waals surface area contributed by atoms with E-state index < -0.39 is 5.79 Å². The Bertz CT molecular complexity index is 1170. The Morgan fingerprint density at radius 2 is 1.87 bits per heavy atom. The normalized spacial score (nSPS) is 29.1. The van der Waals surface area contributed by atoms with E-state index in [9.17, 15) is 5.11 Å². The molecule has 1 aliphatic heterocycles. The van der Waals surface area contributed by atoms with E-state index in [1.54, 1.807) is 6.20 Å². The summed E-state index contributed by atoms with van der Waals surface area (Å²) in [6.07, 6.45) is 5.30. The number of hydrogen-bond acceptors (Lipinski definition) is 6. The van der Waals surface area contributed by atoms with E-state index in [1.807, 2.05) is 30.3 Å². The predicted molar refractivity (Wildman–Crippen MR) is 117 cm³/mol. The Hall–Kier alpha value is -2.57. The molecule has 1 aromatic carbocycles. The van der Waals surface area contributed by atoms with E-state index in [2.05, 4.69) is 23.8 Å². The first kappa shape index (κ1) is 19.1. The van der Waals surface area contributed by atoms with Gasteiger partial charge in [-0.3, -0.25) is 4.98 Å². The molecule has 3 heterocycles. The predicted octanol–water partition coefficient (Wildman–Crippen LogP) is 4.39.